The fourth-order valence-corrected chi connectivity index (χ4v) is 2.51. The molecule has 0 atom stereocenters. The third kappa shape index (κ3) is 2.61. The fraction of sp³-hybridized carbons (Fsp3) is 0.273. The molecule has 1 heterocycles. The van der Waals surface area contributed by atoms with Gasteiger partial charge in [0.05, 0.1) is 0 Å². The third-order valence-electron chi connectivity index (χ3n) is 2.25. The molecule has 0 fully saturated rings. The largest absolute Gasteiger partial charge is 0.207 e. The lowest BCUT2D eigenvalue weighted by Crippen LogP contribution is -1.90. The zero-order chi connectivity index (χ0) is 12.4. The van der Waals surface area contributed by atoms with Crippen molar-refractivity contribution in [3.8, 4) is 10.6 Å². The van der Waals surface area contributed by atoms with E-state index in [4.69, 9.17) is 11.6 Å². The molecule has 1 aromatic heterocycles. The Balaban J connectivity index is 2.41. The maximum atomic E-state index is 13.6. The molecule has 0 N–H and O–H groups in total. The van der Waals surface area contributed by atoms with Crippen LogP contribution in [0, 0.1) is 18.6 Å². The molecule has 2 aromatic rings. The molecule has 0 aliphatic rings. The number of alkyl halides is 1. The van der Waals surface area contributed by atoms with E-state index in [1.807, 2.05) is 0 Å². The van der Waals surface area contributed by atoms with Gasteiger partial charge in [0.25, 0.3) is 0 Å². The van der Waals surface area contributed by atoms with Crippen molar-refractivity contribution >= 4 is 22.9 Å². The van der Waals surface area contributed by atoms with E-state index in [1.165, 1.54) is 17.4 Å². The third-order valence-corrected chi connectivity index (χ3v) is 3.46. The lowest BCUT2D eigenvalue weighted by Gasteiger charge is -2.01. The molecule has 0 amide bonds. The van der Waals surface area contributed by atoms with Crippen molar-refractivity contribution in [3.63, 3.8) is 0 Å². The van der Waals surface area contributed by atoms with Gasteiger partial charge in [0, 0.05) is 23.9 Å². The molecule has 90 valence electrons. The van der Waals surface area contributed by atoms with Crippen LogP contribution in [0.1, 0.15) is 10.6 Å². The first kappa shape index (κ1) is 12.4. The number of rotatable bonds is 3. The number of aryl methyl sites for hydroxylation is 2. The van der Waals surface area contributed by atoms with Gasteiger partial charge in [-0.1, -0.05) is 11.3 Å². The van der Waals surface area contributed by atoms with Crippen LogP contribution in [0.25, 0.3) is 10.6 Å². The predicted octanol–water partition coefficient (Wildman–Crippen LogP) is 3.57. The Kier molecular flexibility index (Phi) is 3.69. The van der Waals surface area contributed by atoms with Gasteiger partial charge in [-0.05, 0) is 18.6 Å². The van der Waals surface area contributed by atoms with E-state index in [0.717, 1.165) is 11.1 Å². The van der Waals surface area contributed by atoms with Gasteiger partial charge in [0.15, 0.2) is 5.01 Å². The SMILES string of the molecule is Cc1cc(-c2nnc(CCCl)s2)c(F)cc1F. The predicted molar refractivity (Wildman–Crippen MR) is 64.4 cm³/mol. The van der Waals surface area contributed by atoms with Crippen molar-refractivity contribution in [2.24, 2.45) is 0 Å². The summed E-state index contributed by atoms with van der Waals surface area (Å²) < 4.78 is 26.7. The van der Waals surface area contributed by atoms with E-state index in [-0.39, 0.29) is 5.56 Å². The summed E-state index contributed by atoms with van der Waals surface area (Å²) >= 11 is 6.85. The van der Waals surface area contributed by atoms with Crippen LogP contribution in [-0.2, 0) is 6.42 Å². The molecular weight excluding hydrogens is 266 g/mol. The average Bonchev–Trinajstić information content (AvgIpc) is 2.72. The molecule has 0 bridgehead atoms. The van der Waals surface area contributed by atoms with Crippen molar-refractivity contribution < 1.29 is 8.78 Å². The Morgan fingerprint density at radius 3 is 2.71 bits per heavy atom. The summed E-state index contributed by atoms with van der Waals surface area (Å²) in [5, 5.41) is 8.98. The molecule has 2 nitrogen and oxygen atoms in total. The number of hydrogen-bond acceptors (Lipinski definition) is 3. The maximum absolute atomic E-state index is 13.6. The van der Waals surface area contributed by atoms with E-state index >= 15 is 0 Å². The van der Waals surface area contributed by atoms with Crippen molar-refractivity contribution in [3.05, 3.63) is 34.3 Å². The average molecular weight is 275 g/mol. The quantitative estimate of drug-likeness (QED) is 0.800. The van der Waals surface area contributed by atoms with Gasteiger partial charge in [0.2, 0.25) is 0 Å². The minimum atomic E-state index is -0.623. The van der Waals surface area contributed by atoms with Crippen molar-refractivity contribution in [1.29, 1.82) is 0 Å². The summed E-state index contributed by atoms with van der Waals surface area (Å²) in [5.41, 5.74) is 0.665. The first-order chi connectivity index (χ1) is 8.11. The normalized spacial score (nSPS) is 10.8. The van der Waals surface area contributed by atoms with Crippen molar-refractivity contribution in [1.82, 2.24) is 10.2 Å². The minimum absolute atomic E-state index is 0.280. The van der Waals surface area contributed by atoms with Crippen LogP contribution in [0.5, 0.6) is 0 Å². The second kappa shape index (κ2) is 5.06. The van der Waals surface area contributed by atoms with Gasteiger partial charge in [-0.25, -0.2) is 8.78 Å². The fourth-order valence-electron chi connectivity index (χ4n) is 1.37. The van der Waals surface area contributed by atoms with Crippen molar-refractivity contribution in [2.45, 2.75) is 13.3 Å². The molecule has 0 saturated heterocycles. The summed E-state index contributed by atoms with van der Waals surface area (Å²) in [6.45, 7) is 1.58. The summed E-state index contributed by atoms with van der Waals surface area (Å²) in [4.78, 5) is 0. The highest BCUT2D eigenvalue weighted by Gasteiger charge is 2.13. The number of nitrogens with zero attached hydrogens (tertiary/aromatic N) is 2. The topological polar surface area (TPSA) is 25.8 Å². The number of halogens is 3. The van der Waals surface area contributed by atoms with Gasteiger partial charge < -0.3 is 0 Å². The first-order valence-electron chi connectivity index (χ1n) is 4.96. The lowest BCUT2D eigenvalue weighted by molar-refractivity contribution is 0.579. The summed E-state index contributed by atoms with van der Waals surface area (Å²) in [7, 11) is 0. The Hall–Kier alpha value is -1.07. The summed E-state index contributed by atoms with van der Waals surface area (Å²) in [6.07, 6.45) is 0.598. The highest BCUT2D eigenvalue weighted by atomic mass is 35.5. The standard InChI is InChI=1S/C11H9ClF2N2S/c1-6-4-7(9(14)5-8(6)13)11-16-15-10(17-11)2-3-12/h4-5H,2-3H2,1H3. The van der Waals surface area contributed by atoms with Crippen LogP contribution in [0.3, 0.4) is 0 Å². The molecular formula is C11H9ClF2N2S. The van der Waals surface area contributed by atoms with Gasteiger partial charge in [0.1, 0.15) is 16.6 Å². The monoisotopic (exact) mass is 274 g/mol. The Bertz CT molecular complexity index is 542. The highest BCUT2D eigenvalue weighted by Crippen LogP contribution is 2.28. The van der Waals surface area contributed by atoms with Gasteiger partial charge in [-0.2, -0.15) is 0 Å². The molecule has 0 saturated carbocycles. The Morgan fingerprint density at radius 1 is 1.24 bits per heavy atom. The van der Waals surface area contributed by atoms with E-state index in [2.05, 4.69) is 10.2 Å². The second-order valence-corrected chi connectivity index (χ2v) is 4.96. The zero-order valence-electron chi connectivity index (χ0n) is 9.01. The zero-order valence-corrected chi connectivity index (χ0v) is 10.6. The van der Waals surface area contributed by atoms with Crippen LogP contribution >= 0.6 is 22.9 Å². The maximum Gasteiger partial charge on any atom is 0.150 e. The number of benzene rings is 1. The van der Waals surface area contributed by atoms with Crippen LogP contribution in [0.4, 0.5) is 8.78 Å². The second-order valence-electron chi connectivity index (χ2n) is 3.52. The minimum Gasteiger partial charge on any atom is -0.207 e. The van der Waals surface area contributed by atoms with Gasteiger partial charge >= 0.3 is 0 Å². The summed E-state index contributed by atoms with van der Waals surface area (Å²) in [6, 6.07) is 2.31. The van der Waals surface area contributed by atoms with Crippen molar-refractivity contribution in [2.75, 3.05) is 5.88 Å². The van der Waals surface area contributed by atoms with E-state index in [9.17, 15) is 8.78 Å². The van der Waals surface area contributed by atoms with Crippen LogP contribution in [0.15, 0.2) is 12.1 Å². The highest BCUT2D eigenvalue weighted by molar-refractivity contribution is 7.14. The van der Waals surface area contributed by atoms with Crippen LogP contribution < -0.4 is 0 Å². The molecule has 17 heavy (non-hydrogen) atoms. The Labute approximate surface area is 106 Å². The smallest absolute Gasteiger partial charge is 0.150 e. The molecule has 0 aliphatic heterocycles. The van der Waals surface area contributed by atoms with Gasteiger partial charge in [-0.15, -0.1) is 21.8 Å². The molecule has 2 rings (SSSR count). The van der Waals surface area contributed by atoms with Crippen LogP contribution in [0.2, 0.25) is 0 Å². The molecule has 1 aromatic carbocycles. The summed E-state index contributed by atoms with van der Waals surface area (Å²) in [5.74, 6) is -0.738. The number of aromatic nitrogens is 2. The molecule has 0 unspecified atom stereocenters. The van der Waals surface area contributed by atoms with Gasteiger partial charge in [-0.3, -0.25) is 0 Å². The number of hydrogen-bond donors (Lipinski definition) is 0. The molecule has 0 radical (unpaired) electrons. The Morgan fingerprint density at radius 2 is 2.00 bits per heavy atom. The molecule has 0 spiro atoms. The van der Waals surface area contributed by atoms with Crippen LogP contribution in [-0.4, -0.2) is 16.1 Å². The van der Waals surface area contributed by atoms with E-state index < -0.39 is 11.6 Å². The van der Waals surface area contributed by atoms with E-state index in [0.29, 0.717) is 22.9 Å². The first-order valence-corrected chi connectivity index (χ1v) is 6.31. The lowest BCUT2D eigenvalue weighted by atomic mass is 10.1. The van der Waals surface area contributed by atoms with E-state index in [1.54, 1.807) is 6.92 Å². The molecule has 6 heteroatoms. The molecule has 0 aliphatic carbocycles.